The summed E-state index contributed by atoms with van der Waals surface area (Å²) in [6, 6.07) is 0. The van der Waals surface area contributed by atoms with Crippen molar-refractivity contribution in [2.75, 3.05) is 201 Å². The molecule has 12 nitrogen and oxygen atoms in total. The third-order valence-corrected chi connectivity index (χ3v) is 7.90. The lowest BCUT2D eigenvalue weighted by molar-refractivity contribution is -0.894. The number of hydrogen-bond acceptors (Lipinski definition) is 8. The van der Waals surface area contributed by atoms with Crippen molar-refractivity contribution >= 4 is 0 Å². The van der Waals surface area contributed by atoms with E-state index in [9.17, 15) is 0 Å². The van der Waals surface area contributed by atoms with Crippen LogP contribution in [0, 0.1) is 0 Å². The Hall–Kier alpha value is 0.680. The number of nitrogens with zero attached hydrogens (tertiary/aromatic N) is 4. The van der Waals surface area contributed by atoms with Gasteiger partial charge < -0.3 is 106 Å². The largest absolute Gasteiger partial charge is 1.00 e. The summed E-state index contributed by atoms with van der Waals surface area (Å²) in [5, 5.41) is 17.3. The molecular weight excluding hydrogens is 734 g/mol. The monoisotopic (exact) mass is 812 g/mol. The predicted octanol–water partition coefficient (Wildman–Crippen LogP) is -10.8. The Morgan fingerprint density at radius 2 is 0.460 bits per heavy atom. The SMILES string of the molecule is CCCOCC[N+](C)(C)CCOCC[N+](C)(C)CCOCCC.C[N+](C)(CCOCCO)CCOCC[N+](C)(C)CCOCCO.[Cl-].[Cl-].[Cl-].[Cl-]. The van der Waals surface area contributed by atoms with Crippen LogP contribution in [0.25, 0.3) is 0 Å². The molecule has 0 fully saturated rings. The number of ether oxygens (including phenoxy) is 6. The highest BCUT2D eigenvalue weighted by Crippen LogP contribution is 2.01. The van der Waals surface area contributed by atoms with E-state index < -0.39 is 0 Å². The fraction of sp³-hybridized carbons (Fsp3) is 1.00. The van der Waals surface area contributed by atoms with E-state index in [0.29, 0.717) is 26.4 Å². The second-order valence-corrected chi connectivity index (χ2v) is 14.7. The fourth-order valence-electron chi connectivity index (χ4n) is 3.97. The summed E-state index contributed by atoms with van der Waals surface area (Å²) in [5.41, 5.74) is 0. The van der Waals surface area contributed by atoms with E-state index >= 15 is 0 Å². The molecule has 0 rings (SSSR count). The number of likely N-dealkylation sites (N-methyl/N-ethyl adjacent to an activating group) is 4. The zero-order valence-corrected chi connectivity index (χ0v) is 36.6. The molecule has 0 atom stereocenters. The highest BCUT2D eigenvalue weighted by molar-refractivity contribution is 4.41. The smallest absolute Gasteiger partial charge is 0.102 e. The van der Waals surface area contributed by atoms with Gasteiger partial charge in [0, 0.05) is 13.2 Å². The normalized spacial score (nSPS) is 11.8. The summed E-state index contributed by atoms with van der Waals surface area (Å²) in [6.45, 7) is 20.9. The molecule has 0 unspecified atom stereocenters. The Bertz CT molecular complexity index is 569. The maximum atomic E-state index is 8.67. The number of halogens is 4. The third kappa shape index (κ3) is 46.7. The third-order valence-electron chi connectivity index (χ3n) is 7.90. The maximum Gasteiger partial charge on any atom is 0.102 e. The molecule has 0 aliphatic heterocycles. The van der Waals surface area contributed by atoms with Crippen LogP contribution in [-0.2, 0) is 28.4 Å². The van der Waals surface area contributed by atoms with Gasteiger partial charge in [0.15, 0.2) is 0 Å². The lowest BCUT2D eigenvalue weighted by Crippen LogP contribution is -3.00. The number of quaternary nitrogens is 4. The molecule has 0 spiro atoms. The predicted molar refractivity (Wildman–Crippen MR) is 187 cm³/mol. The zero-order valence-electron chi connectivity index (χ0n) is 33.6. The molecule has 0 aromatic heterocycles. The van der Waals surface area contributed by atoms with Crippen molar-refractivity contribution in [3.05, 3.63) is 0 Å². The molecule has 0 aliphatic rings. The molecule has 0 aromatic carbocycles. The Morgan fingerprint density at radius 3 is 0.620 bits per heavy atom. The number of aliphatic hydroxyl groups excluding tert-OH is 2. The number of aliphatic hydroxyl groups is 2. The molecule has 0 amide bonds. The Morgan fingerprint density at radius 1 is 0.300 bits per heavy atom. The van der Waals surface area contributed by atoms with Crippen molar-refractivity contribution in [1.82, 2.24) is 0 Å². The summed E-state index contributed by atoms with van der Waals surface area (Å²) in [6.07, 6.45) is 2.18. The van der Waals surface area contributed by atoms with Gasteiger partial charge in [0.05, 0.1) is 136 Å². The Kier molecular flexibility index (Phi) is 49.3. The molecule has 312 valence electrons. The first-order valence-electron chi connectivity index (χ1n) is 17.6. The molecule has 16 heteroatoms. The average Bonchev–Trinajstić information content (AvgIpc) is 2.98. The van der Waals surface area contributed by atoms with Gasteiger partial charge in [-0.1, -0.05) is 13.8 Å². The lowest BCUT2D eigenvalue weighted by atomic mass is 10.4. The topological polar surface area (TPSA) is 95.8 Å². The van der Waals surface area contributed by atoms with Gasteiger partial charge in [-0.2, -0.15) is 0 Å². The van der Waals surface area contributed by atoms with Gasteiger partial charge in [-0.25, -0.2) is 0 Å². The minimum absolute atomic E-state index is 0. The van der Waals surface area contributed by atoms with Crippen molar-refractivity contribution in [3.8, 4) is 0 Å². The van der Waals surface area contributed by atoms with E-state index in [1.165, 1.54) is 0 Å². The molecule has 0 saturated carbocycles. The van der Waals surface area contributed by atoms with Crippen LogP contribution in [0.3, 0.4) is 0 Å². The standard InChI is InChI=1S/C18H42N2O3.C16H38N2O5.4ClH/c1-7-13-21-15-9-19(3,4)11-17-23-18-12-20(5,6)10-16-22-14-8-2;1-17(2,7-13-22-15-9-19)5-11-21-12-6-18(3,4)8-14-23-16-10-20;;;;/h7-18H2,1-6H3;19-20H,5-16H2,1-4H3;4*1H/q2*+2;;;;/p-4. The van der Waals surface area contributed by atoms with Gasteiger partial charge in [0.25, 0.3) is 0 Å². The first kappa shape index (κ1) is 62.7. The van der Waals surface area contributed by atoms with Crippen molar-refractivity contribution in [3.63, 3.8) is 0 Å². The van der Waals surface area contributed by atoms with Crippen LogP contribution in [0.4, 0.5) is 0 Å². The van der Waals surface area contributed by atoms with E-state index in [1.807, 2.05) is 0 Å². The molecule has 0 heterocycles. The molecule has 0 bridgehead atoms. The number of hydrogen-bond donors (Lipinski definition) is 2. The van der Waals surface area contributed by atoms with Crippen LogP contribution in [0.15, 0.2) is 0 Å². The minimum atomic E-state index is 0. The van der Waals surface area contributed by atoms with Gasteiger partial charge in [-0.15, -0.1) is 0 Å². The molecular formula is C34H80Cl4N4O8. The van der Waals surface area contributed by atoms with E-state index in [0.717, 1.165) is 136 Å². The Labute approximate surface area is 333 Å². The molecule has 0 aromatic rings. The van der Waals surface area contributed by atoms with E-state index in [1.54, 1.807) is 0 Å². The van der Waals surface area contributed by atoms with Crippen LogP contribution in [0.2, 0.25) is 0 Å². The average molecular weight is 815 g/mol. The van der Waals surface area contributed by atoms with Crippen LogP contribution in [0.5, 0.6) is 0 Å². The summed E-state index contributed by atoms with van der Waals surface area (Å²) < 4.78 is 37.0. The molecule has 50 heavy (non-hydrogen) atoms. The van der Waals surface area contributed by atoms with Gasteiger partial charge in [-0.05, 0) is 12.8 Å². The maximum absolute atomic E-state index is 8.67. The van der Waals surface area contributed by atoms with Crippen molar-refractivity contribution in [2.24, 2.45) is 0 Å². The lowest BCUT2D eigenvalue weighted by Gasteiger charge is -2.31. The summed E-state index contributed by atoms with van der Waals surface area (Å²) in [4.78, 5) is 0. The quantitative estimate of drug-likeness (QED) is 0.0512. The van der Waals surface area contributed by atoms with Gasteiger partial charge >= 0.3 is 0 Å². The van der Waals surface area contributed by atoms with E-state index in [-0.39, 0.29) is 62.8 Å². The zero-order chi connectivity index (χ0) is 35.2. The van der Waals surface area contributed by atoms with Crippen LogP contribution >= 0.6 is 0 Å². The first-order valence-corrected chi connectivity index (χ1v) is 17.6. The number of rotatable bonds is 32. The van der Waals surface area contributed by atoms with Crippen LogP contribution in [-0.4, -0.2) is 229 Å². The highest BCUT2D eigenvalue weighted by atomic mass is 35.5. The molecule has 0 saturated heterocycles. The summed E-state index contributed by atoms with van der Waals surface area (Å²) in [5.74, 6) is 0. The summed E-state index contributed by atoms with van der Waals surface area (Å²) >= 11 is 0. The van der Waals surface area contributed by atoms with Gasteiger partial charge in [0.1, 0.15) is 52.4 Å². The van der Waals surface area contributed by atoms with E-state index in [4.69, 9.17) is 38.6 Å². The minimum Gasteiger partial charge on any atom is -1.00 e. The highest BCUT2D eigenvalue weighted by Gasteiger charge is 2.18. The molecule has 2 N–H and O–H groups in total. The fourth-order valence-corrected chi connectivity index (χ4v) is 3.97. The van der Waals surface area contributed by atoms with Crippen LogP contribution < -0.4 is 49.6 Å². The molecule has 0 radical (unpaired) electrons. The second kappa shape index (κ2) is 39.4. The van der Waals surface area contributed by atoms with E-state index in [2.05, 4.69) is 70.2 Å². The summed E-state index contributed by atoms with van der Waals surface area (Å²) in [7, 11) is 17.6. The first-order chi connectivity index (χ1) is 21.7. The molecule has 0 aliphatic carbocycles. The Balaban J connectivity index is -0.000000179. The van der Waals surface area contributed by atoms with Crippen molar-refractivity contribution in [2.45, 2.75) is 26.7 Å². The van der Waals surface area contributed by atoms with Crippen molar-refractivity contribution in [1.29, 1.82) is 0 Å². The van der Waals surface area contributed by atoms with Gasteiger partial charge in [-0.3, -0.25) is 0 Å². The van der Waals surface area contributed by atoms with Gasteiger partial charge in [0.2, 0.25) is 0 Å². The van der Waals surface area contributed by atoms with Crippen LogP contribution in [0.1, 0.15) is 26.7 Å². The second-order valence-electron chi connectivity index (χ2n) is 14.7. The van der Waals surface area contributed by atoms with Crippen molar-refractivity contribution < 1.29 is 106 Å².